The fourth-order valence-electron chi connectivity index (χ4n) is 2.68. The van der Waals surface area contributed by atoms with Crippen LogP contribution in [0.5, 0.6) is 0 Å². The lowest BCUT2D eigenvalue weighted by molar-refractivity contribution is 0.0640. The number of carbonyl (C=O) groups is 2. The van der Waals surface area contributed by atoms with Crippen molar-refractivity contribution in [1.82, 2.24) is 9.88 Å². The lowest BCUT2D eigenvalue weighted by Gasteiger charge is -2.20. The molecule has 0 aromatic carbocycles. The standard InChI is InChI=1S/C15H22N2O3/c1-8-13(10(3)18)9(2)16-14(8)15(20)17(4)7-12(19)11-5-6-11/h11-12,16,19H,5-7H2,1-4H3. The zero-order valence-corrected chi connectivity index (χ0v) is 12.5. The number of aliphatic hydroxyl groups excluding tert-OH is 1. The molecule has 0 radical (unpaired) electrons. The van der Waals surface area contributed by atoms with Crippen LogP contribution in [0.15, 0.2) is 0 Å². The van der Waals surface area contributed by atoms with Crippen molar-refractivity contribution in [2.75, 3.05) is 13.6 Å². The highest BCUT2D eigenvalue weighted by molar-refractivity contribution is 6.02. The first-order valence-electron chi connectivity index (χ1n) is 6.96. The Morgan fingerprint density at radius 1 is 1.40 bits per heavy atom. The summed E-state index contributed by atoms with van der Waals surface area (Å²) in [5.74, 6) is 0.110. The van der Waals surface area contributed by atoms with Crippen LogP contribution in [0.25, 0.3) is 0 Å². The third kappa shape index (κ3) is 2.77. The number of rotatable bonds is 5. The van der Waals surface area contributed by atoms with Gasteiger partial charge in [0.05, 0.1) is 6.10 Å². The highest BCUT2D eigenvalue weighted by atomic mass is 16.3. The number of likely N-dealkylation sites (N-methyl/N-ethyl adjacent to an activating group) is 1. The zero-order chi connectivity index (χ0) is 15.0. The van der Waals surface area contributed by atoms with Gasteiger partial charge in [0.25, 0.3) is 5.91 Å². The van der Waals surface area contributed by atoms with Crippen molar-refractivity contribution in [2.45, 2.75) is 39.7 Å². The van der Waals surface area contributed by atoms with Crippen molar-refractivity contribution in [3.8, 4) is 0 Å². The largest absolute Gasteiger partial charge is 0.391 e. The van der Waals surface area contributed by atoms with Crippen LogP contribution in [-0.4, -0.2) is 46.4 Å². The zero-order valence-electron chi connectivity index (χ0n) is 12.5. The van der Waals surface area contributed by atoms with Crippen molar-refractivity contribution in [1.29, 1.82) is 0 Å². The van der Waals surface area contributed by atoms with Crippen molar-refractivity contribution >= 4 is 11.7 Å². The summed E-state index contributed by atoms with van der Waals surface area (Å²) in [6, 6.07) is 0. The third-order valence-corrected chi connectivity index (χ3v) is 3.98. The minimum Gasteiger partial charge on any atom is -0.391 e. The molecule has 1 amide bonds. The van der Waals surface area contributed by atoms with E-state index in [4.69, 9.17) is 0 Å². The van der Waals surface area contributed by atoms with Crippen LogP contribution in [-0.2, 0) is 0 Å². The molecule has 2 rings (SSSR count). The highest BCUT2D eigenvalue weighted by Crippen LogP contribution is 2.33. The van der Waals surface area contributed by atoms with Gasteiger partial charge in [-0.05, 0) is 45.1 Å². The van der Waals surface area contributed by atoms with E-state index in [2.05, 4.69) is 4.98 Å². The number of ketones is 1. The molecule has 1 aromatic heterocycles. The Balaban J connectivity index is 2.16. The Morgan fingerprint density at radius 3 is 2.45 bits per heavy atom. The topological polar surface area (TPSA) is 73.4 Å². The molecular formula is C15H22N2O3. The molecular weight excluding hydrogens is 256 g/mol. The van der Waals surface area contributed by atoms with E-state index in [0.717, 1.165) is 18.5 Å². The molecule has 1 aliphatic rings. The number of H-pyrrole nitrogens is 1. The van der Waals surface area contributed by atoms with Crippen LogP contribution in [0, 0.1) is 19.8 Å². The number of amides is 1. The molecule has 2 N–H and O–H groups in total. The highest BCUT2D eigenvalue weighted by Gasteiger charge is 2.32. The van der Waals surface area contributed by atoms with Crippen LogP contribution in [0.2, 0.25) is 0 Å². The van der Waals surface area contributed by atoms with Gasteiger partial charge in [-0.2, -0.15) is 0 Å². The first-order chi connectivity index (χ1) is 9.32. The average molecular weight is 278 g/mol. The summed E-state index contributed by atoms with van der Waals surface area (Å²) in [6.45, 7) is 5.40. The van der Waals surface area contributed by atoms with Gasteiger partial charge in [0.15, 0.2) is 5.78 Å². The Kier molecular flexibility index (Phi) is 3.99. The van der Waals surface area contributed by atoms with Crippen molar-refractivity contribution < 1.29 is 14.7 Å². The number of aromatic amines is 1. The minimum absolute atomic E-state index is 0.0454. The fraction of sp³-hybridized carbons (Fsp3) is 0.600. The van der Waals surface area contributed by atoms with Crippen LogP contribution < -0.4 is 0 Å². The number of aryl methyl sites for hydroxylation is 1. The van der Waals surface area contributed by atoms with Crippen molar-refractivity contribution in [3.05, 3.63) is 22.5 Å². The van der Waals surface area contributed by atoms with E-state index in [1.807, 2.05) is 0 Å². The van der Waals surface area contributed by atoms with Gasteiger partial charge < -0.3 is 15.0 Å². The van der Waals surface area contributed by atoms with Gasteiger partial charge in [-0.3, -0.25) is 9.59 Å². The second-order valence-electron chi connectivity index (χ2n) is 5.77. The first-order valence-corrected chi connectivity index (χ1v) is 6.96. The third-order valence-electron chi connectivity index (χ3n) is 3.98. The number of Topliss-reactive ketones (excluding diaryl/α,β-unsaturated/α-hetero) is 1. The monoisotopic (exact) mass is 278 g/mol. The molecule has 110 valence electrons. The second-order valence-corrected chi connectivity index (χ2v) is 5.77. The number of aliphatic hydroxyl groups is 1. The van der Waals surface area contributed by atoms with Crippen LogP contribution in [0.3, 0.4) is 0 Å². The molecule has 5 heteroatoms. The summed E-state index contributed by atoms with van der Waals surface area (Å²) in [4.78, 5) is 28.5. The molecule has 1 saturated carbocycles. The number of nitrogens with one attached hydrogen (secondary N) is 1. The van der Waals surface area contributed by atoms with Gasteiger partial charge in [-0.1, -0.05) is 0 Å². The van der Waals surface area contributed by atoms with E-state index < -0.39 is 6.10 Å². The molecule has 0 bridgehead atoms. The van der Waals surface area contributed by atoms with Gasteiger partial charge in [-0.15, -0.1) is 0 Å². The smallest absolute Gasteiger partial charge is 0.270 e. The van der Waals surface area contributed by atoms with Gasteiger partial charge in [-0.25, -0.2) is 0 Å². The lowest BCUT2D eigenvalue weighted by Crippen LogP contribution is -2.35. The summed E-state index contributed by atoms with van der Waals surface area (Å²) >= 11 is 0. The van der Waals surface area contributed by atoms with Gasteiger partial charge in [0.1, 0.15) is 5.69 Å². The average Bonchev–Trinajstić information content (AvgIpc) is 3.14. The molecule has 1 atom stereocenters. The molecule has 1 unspecified atom stereocenters. The van der Waals surface area contributed by atoms with E-state index in [9.17, 15) is 14.7 Å². The minimum atomic E-state index is -0.451. The molecule has 1 fully saturated rings. The Hall–Kier alpha value is -1.62. The van der Waals surface area contributed by atoms with Gasteiger partial charge >= 0.3 is 0 Å². The number of hydrogen-bond acceptors (Lipinski definition) is 3. The number of aromatic nitrogens is 1. The van der Waals surface area contributed by atoms with Crippen molar-refractivity contribution in [2.24, 2.45) is 5.92 Å². The molecule has 1 heterocycles. The molecule has 0 saturated heterocycles. The van der Waals surface area contributed by atoms with Crippen LogP contribution >= 0.6 is 0 Å². The molecule has 1 aromatic rings. The molecule has 1 aliphatic carbocycles. The van der Waals surface area contributed by atoms with E-state index >= 15 is 0 Å². The Labute approximate surface area is 119 Å². The lowest BCUT2D eigenvalue weighted by atomic mass is 10.1. The normalized spacial score (nSPS) is 16.1. The molecule has 0 aliphatic heterocycles. The van der Waals surface area contributed by atoms with E-state index in [0.29, 0.717) is 29.3 Å². The number of nitrogens with zero attached hydrogens (tertiary/aromatic N) is 1. The molecule has 20 heavy (non-hydrogen) atoms. The maximum atomic E-state index is 12.4. The van der Waals surface area contributed by atoms with Crippen LogP contribution in [0.1, 0.15) is 51.9 Å². The second kappa shape index (κ2) is 5.40. The summed E-state index contributed by atoms with van der Waals surface area (Å²) in [5.41, 5.74) is 2.44. The predicted molar refractivity (Wildman–Crippen MR) is 76.0 cm³/mol. The van der Waals surface area contributed by atoms with E-state index in [-0.39, 0.29) is 11.7 Å². The summed E-state index contributed by atoms with van der Waals surface area (Å²) in [6.07, 6.45) is 1.63. The van der Waals surface area contributed by atoms with Crippen molar-refractivity contribution in [3.63, 3.8) is 0 Å². The number of carbonyl (C=O) groups excluding carboxylic acids is 2. The molecule has 0 spiro atoms. The quantitative estimate of drug-likeness (QED) is 0.805. The molecule has 5 nitrogen and oxygen atoms in total. The van der Waals surface area contributed by atoms with Gasteiger partial charge in [0, 0.05) is 24.8 Å². The maximum Gasteiger partial charge on any atom is 0.270 e. The van der Waals surface area contributed by atoms with Crippen LogP contribution in [0.4, 0.5) is 0 Å². The number of hydrogen-bond donors (Lipinski definition) is 2. The Bertz CT molecular complexity index is 544. The fourth-order valence-corrected chi connectivity index (χ4v) is 2.68. The first kappa shape index (κ1) is 14.8. The van der Waals surface area contributed by atoms with Gasteiger partial charge in [0.2, 0.25) is 0 Å². The summed E-state index contributed by atoms with van der Waals surface area (Å²) < 4.78 is 0. The van der Waals surface area contributed by atoms with E-state index in [1.165, 1.54) is 11.8 Å². The SMILES string of the molecule is CC(=O)c1c(C)[nH]c(C(=O)N(C)CC(O)C2CC2)c1C. The maximum absolute atomic E-state index is 12.4. The summed E-state index contributed by atoms with van der Waals surface area (Å²) in [5, 5.41) is 9.91. The summed E-state index contributed by atoms with van der Waals surface area (Å²) in [7, 11) is 1.68. The Morgan fingerprint density at radius 2 is 2.00 bits per heavy atom. The predicted octanol–water partition coefficient (Wildman–Crippen LogP) is 1.68. The van der Waals surface area contributed by atoms with E-state index in [1.54, 1.807) is 20.9 Å².